The molecule has 0 bridgehead atoms. The number of alkyl halides is 1. The fourth-order valence-corrected chi connectivity index (χ4v) is 4.19. The minimum atomic E-state index is -2.75. The van der Waals surface area contributed by atoms with Crippen LogP contribution in [0, 0.1) is 0 Å². The number of aromatic nitrogens is 2. The van der Waals surface area contributed by atoms with E-state index >= 15 is 4.39 Å². The van der Waals surface area contributed by atoms with Gasteiger partial charge in [-0.25, -0.2) is 14.0 Å². The minimum Gasteiger partial charge on any atom is -0.575 e. The van der Waals surface area contributed by atoms with Gasteiger partial charge in [-0.05, 0) is 32.0 Å². The van der Waals surface area contributed by atoms with Crippen LogP contribution < -0.4 is 25.4 Å². The van der Waals surface area contributed by atoms with Crippen molar-refractivity contribution in [2.24, 2.45) is 4.74 Å². The monoisotopic (exact) mass is 563 g/mol. The van der Waals surface area contributed by atoms with E-state index in [0.717, 1.165) is 23.8 Å². The SMILES string of the molecule is C[C@H](N=[P+]([O-])Oc1ccc(Br)cc1OC[C@H]1O[C@@H](n2ccc(=O)[nH]c2=O)[C@](C)(F)[C@@H]1O)C(=O)O. The van der Waals surface area contributed by atoms with Crippen molar-refractivity contribution in [3.63, 3.8) is 0 Å². The second kappa shape index (κ2) is 10.3. The molecule has 1 aliphatic rings. The van der Waals surface area contributed by atoms with Crippen molar-refractivity contribution in [3.8, 4) is 11.5 Å². The lowest BCUT2D eigenvalue weighted by molar-refractivity contribution is -0.169. The Hall–Kier alpha value is -2.64. The average Bonchev–Trinajstić information content (AvgIpc) is 2.97. The van der Waals surface area contributed by atoms with Gasteiger partial charge in [0.1, 0.15) is 18.8 Å². The fraction of sp³-hybridized carbons (Fsp3) is 0.421. The van der Waals surface area contributed by atoms with Crippen LogP contribution in [-0.4, -0.2) is 56.3 Å². The van der Waals surface area contributed by atoms with Crippen molar-refractivity contribution in [2.75, 3.05) is 6.61 Å². The molecule has 0 aliphatic carbocycles. The van der Waals surface area contributed by atoms with Gasteiger partial charge in [-0.2, -0.15) is 0 Å². The van der Waals surface area contributed by atoms with Crippen LogP contribution in [0.5, 0.6) is 11.5 Å². The topological polar surface area (TPSA) is 175 Å². The number of carbonyl (C=O) groups is 1. The second-order valence-electron chi connectivity index (χ2n) is 7.50. The highest BCUT2D eigenvalue weighted by Gasteiger charge is 2.55. The maximum absolute atomic E-state index is 15.3. The van der Waals surface area contributed by atoms with E-state index in [2.05, 4.69) is 20.7 Å². The van der Waals surface area contributed by atoms with Crippen molar-refractivity contribution in [2.45, 2.75) is 44.0 Å². The number of hydrogen-bond acceptors (Lipinski definition) is 9. The molecule has 1 aliphatic heterocycles. The summed E-state index contributed by atoms with van der Waals surface area (Å²) < 4.78 is 36.5. The van der Waals surface area contributed by atoms with E-state index in [0.29, 0.717) is 4.47 Å². The predicted octanol–water partition coefficient (Wildman–Crippen LogP) is 1.07. The highest BCUT2D eigenvalue weighted by atomic mass is 79.9. The van der Waals surface area contributed by atoms with Crippen molar-refractivity contribution in [1.29, 1.82) is 0 Å². The smallest absolute Gasteiger partial charge is 0.395 e. The Morgan fingerprint density at radius 3 is 2.79 bits per heavy atom. The maximum atomic E-state index is 15.3. The number of benzene rings is 1. The van der Waals surface area contributed by atoms with Gasteiger partial charge < -0.3 is 24.6 Å². The number of carboxylic acid groups (broad SMARTS) is 1. The van der Waals surface area contributed by atoms with Gasteiger partial charge in [0.25, 0.3) is 5.56 Å². The molecule has 184 valence electrons. The molecule has 1 aromatic carbocycles. The summed E-state index contributed by atoms with van der Waals surface area (Å²) in [6.45, 7) is 1.87. The highest BCUT2D eigenvalue weighted by molar-refractivity contribution is 9.10. The number of rotatable bonds is 8. The largest absolute Gasteiger partial charge is 0.575 e. The lowest BCUT2D eigenvalue weighted by Gasteiger charge is -2.24. The molecular weight excluding hydrogens is 544 g/mol. The molecule has 1 fully saturated rings. The summed E-state index contributed by atoms with van der Waals surface area (Å²) in [5, 5.41) is 19.3. The molecule has 1 saturated heterocycles. The van der Waals surface area contributed by atoms with Gasteiger partial charge in [-0.1, -0.05) is 20.7 Å². The Balaban J connectivity index is 1.78. The zero-order valence-electron chi connectivity index (χ0n) is 17.8. The molecule has 1 unspecified atom stereocenters. The van der Waals surface area contributed by atoms with Crippen LogP contribution in [-0.2, 0) is 9.53 Å². The number of carboxylic acids is 1. The minimum absolute atomic E-state index is 0.0249. The molecule has 3 rings (SSSR count). The van der Waals surface area contributed by atoms with E-state index < -0.39 is 62.1 Å². The number of H-pyrrole nitrogens is 1. The van der Waals surface area contributed by atoms with Gasteiger partial charge in [-0.15, -0.1) is 0 Å². The van der Waals surface area contributed by atoms with Crippen molar-refractivity contribution < 1.29 is 38.3 Å². The molecule has 2 aromatic rings. The van der Waals surface area contributed by atoms with E-state index in [4.69, 9.17) is 19.1 Å². The fourth-order valence-electron chi connectivity index (χ4n) is 3.10. The maximum Gasteiger partial charge on any atom is 0.395 e. The molecule has 3 N–H and O–H groups in total. The standard InChI is InChI=1S/C19H20BrFN3O9P/c1-9(16(27)28)23-34(30)33-11-4-3-10(20)7-12(11)31-8-13-15(26)19(2,21)17(32-13)24-6-5-14(25)22-18(24)29/h3-7,9,13,15,17,26H,8H2,1-2H3,(H,27,28)(H,22,25,29)/t9-,13+,15+,17+,19+/m0/s1. The summed E-state index contributed by atoms with van der Waals surface area (Å²) in [6, 6.07) is 4.13. The third kappa shape index (κ3) is 5.70. The number of hydrogen-bond donors (Lipinski definition) is 3. The van der Waals surface area contributed by atoms with E-state index in [-0.39, 0.29) is 11.5 Å². The lowest BCUT2D eigenvalue weighted by Crippen LogP contribution is -2.43. The molecule has 0 amide bonds. The van der Waals surface area contributed by atoms with Gasteiger partial charge in [0, 0.05) is 16.7 Å². The van der Waals surface area contributed by atoms with E-state index in [9.17, 15) is 24.4 Å². The van der Waals surface area contributed by atoms with Crippen LogP contribution >= 0.6 is 24.1 Å². The first-order valence-corrected chi connectivity index (χ1v) is 11.7. The Labute approximate surface area is 200 Å². The molecule has 1 aromatic heterocycles. The zero-order valence-corrected chi connectivity index (χ0v) is 20.2. The number of aliphatic hydroxyl groups excluding tert-OH is 1. The van der Waals surface area contributed by atoms with Crippen molar-refractivity contribution in [1.82, 2.24) is 9.55 Å². The molecule has 34 heavy (non-hydrogen) atoms. The third-order valence-corrected chi connectivity index (χ3v) is 6.31. The molecule has 0 saturated carbocycles. The third-order valence-electron chi connectivity index (χ3n) is 4.93. The van der Waals surface area contributed by atoms with Crippen LogP contribution in [0.15, 0.2) is 49.3 Å². The number of nitrogens with one attached hydrogen (secondary N) is 1. The first-order valence-electron chi connectivity index (χ1n) is 9.75. The normalized spacial score (nSPS) is 25.7. The van der Waals surface area contributed by atoms with Crippen LogP contribution in [0.4, 0.5) is 4.39 Å². The van der Waals surface area contributed by atoms with Crippen LogP contribution in [0.25, 0.3) is 0 Å². The number of halogens is 2. The lowest BCUT2D eigenvalue weighted by atomic mass is 9.98. The number of aromatic amines is 1. The van der Waals surface area contributed by atoms with Crippen molar-refractivity contribution >= 4 is 30.1 Å². The van der Waals surface area contributed by atoms with E-state index in [1.54, 1.807) is 6.07 Å². The van der Waals surface area contributed by atoms with Gasteiger partial charge in [0.05, 0.1) is 0 Å². The number of aliphatic carboxylic acids is 1. The molecule has 12 nitrogen and oxygen atoms in total. The quantitative estimate of drug-likeness (QED) is 0.396. The van der Waals surface area contributed by atoms with Crippen LogP contribution in [0.2, 0.25) is 0 Å². The summed E-state index contributed by atoms with van der Waals surface area (Å²) >= 11 is 3.24. The molecular formula is C19H20BrFN3O9P. The Morgan fingerprint density at radius 1 is 1.44 bits per heavy atom. The average molecular weight is 564 g/mol. The summed E-state index contributed by atoms with van der Waals surface area (Å²) in [4.78, 5) is 48.3. The number of aliphatic hydroxyl groups is 1. The summed E-state index contributed by atoms with van der Waals surface area (Å²) in [7, 11) is -2.75. The zero-order chi connectivity index (χ0) is 25.2. The van der Waals surface area contributed by atoms with Crippen LogP contribution in [0.1, 0.15) is 20.1 Å². The van der Waals surface area contributed by atoms with Gasteiger partial charge in [0.2, 0.25) is 5.75 Å². The molecule has 15 heteroatoms. The Kier molecular flexibility index (Phi) is 7.88. The predicted molar refractivity (Wildman–Crippen MR) is 117 cm³/mol. The van der Waals surface area contributed by atoms with Gasteiger partial charge >= 0.3 is 19.8 Å². The van der Waals surface area contributed by atoms with Crippen molar-refractivity contribution in [3.05, 3.63) is 55.8 Å². The summed E-state index contributed by atoms with van der Waals surface area (Å²) in [5.41, 5.74) is -4.01. The van der Waals surface area contributed by atoms with Gasteiger partial charge in [-0.3, -0.25) is 18.9 Å². The Morgan fingerprint density at radius 2 is 2.15 bits per heavy atom. The van der Waals surface area contributed by atoms with E-state index in [1.807, 2.05) is 4.98 Å². The first kappa shape index (κ1) is 26.0. The number of nitrogens with zero attached hydrogens (tertiary/aromatic N) is 2. The van der Waals surface area contributed by atoms with Gasteiger partial charge in [0.15, 0.2) is 23.7 Å². The number of ether oxygens (including phenoxy) is 2. The summed E-state index contributed by atoms with van der Waals surface area (Å²) in [6.07, 6.45) is -3.45. The summed E-state index contributed by atoms with van der Waals surface area (Å²) in [5.74, 6) is -1.30. The molecule has 0 spiro atoms. The molecule has 2 heterocycles. The van der Waals surface area contributed by atoms with Crippen LogP contribution in [0.3, 0.4) is 0 Å². The second-order valence-corrected chi connectivity index (χ2v) is 9.31. The molecule has 6 atom stereocenters. The Bertz CT molecular complexity index is 1220. The van der Waals surface area contributed by atoms with E-state index in [1.165, 1.54) is 19.1 Å². The first-order chi connectivity index (χ1) is 15.9. The highest BCUT2D eigenvalue weighted by Crippen LogP contribution is 2.41. The molecule has 0 radical (unpaired) electrons.